The Kier molecular flexibility index (Phi) is 6.54. The Morgan fingerprint density at radius 1 is 1.18 bits per heavy atom. The van der Waals surface area contributed by atoms with Gasteiger partial charge in [-0.25, -0.2) is 9.38 Å². The van der Waals surface area contributed by atoms with Crippen LogP contribution in [-0.4, -0.2) is 52.6 Å². The molecule has 2 N–H and O–H groups in total. The van der Waals surface area contributed by atoms with Crippen molar-refractivity contribution < 1.29 is 4.39 Å². The summed E-state index contributed by atoms with van der Waals surface area (Å²) in [6.45, 7) is 3.73. The van der Waals surface area contributed by atoms with Gasteiger partial charge in [-0.3, -0.25) is 4.40 Å². The molecular formula is C20H26FN7. The van der Waals surface area contributed by atoms with Crippen LogP contribution in [-0.2, 0) is 6.54 Å². The zero-order valence-corrected chi connectivity index (χ0v) is 16.4. The van der Waals surface area contributed by atoms with Gasteiger partial charge in [0.1, 0.15) is 12.4 Å². The van der Waals surface area contributed by atoms with Gasteiger partial charge in [0.2, 0.25) is 0 Å². The van der Waals surface area contributed by atoms with Gasteiger partial charge in [0.25, 0.3) is 0 Å². The Morgan fingerprint density at radius 2 is 2.04 bits per heavy atom. The molecule has 3 rings (SSSR count). The molecule has 0 saturated carbocycles. The minimum Gasteiger partial charge on any atom is -0.357 e. The molecule has 7 nitrogen and oxygen atoms in total. The number of aliphatic imine (C=N–C) groups is 1. The Morgan fingerprint density at radius 3 is 2.79 bits per heavy atom. The number of hydrogen-bond acceptors (Lipinski definition) is 4. The van der Waals surface area contributed by atoms with Crippen LogP contribution in [0.2, 0.25) is 0 Å². The number of likely N-dealkylation sites (N-methyl/N-ethyl adjacent to an activating group) is 1. The number of guanidine groups is 1. The third-order valence-electron chi connectivity index (χ3n) is 4.43. The summed E-state index contributed by atoms with van der Waals surface area (Å²) in [7, 11) is 3.95. The summed E-state index contributed by atoms with van der Waals surface area (Å²) in [5.74, 6) is 1.21. The fraction of sp³-hybridized carbons (Fsp3) is 0.350. The Labute approximate surface area is 164 Å². The first-order valence-corrected chi connectivity index (χ1v) is 9.31. The van der Waals surface area contributed by atoms with Gasteiger partial charge in [-0.15, -0.1) is 10.2 Å². The van der Waals surface area contributed by atoms with E-state index in [2.05, 4.69) is 30.7 Å². The van der Waals surface area contributed by atoms with E-state index >= 15 is 0 Å². The number of nitrogens with zero attached hydrogens (tertiary/aromatic N) is 5. The van der Waals surface area contributed by atoms with Gasteiger partial charge in [-0.2, -0.15) is 0 Å². The molecule has 1 unspecified atom stereocenters. The normalized spacial score (nSPS) is 13.1. The average molecular weight is 383 g/mol. The molecule has 0 fully saturated rings. The van der Waals surface area contributed by atoms with Crippen molar-refractivity contribution in [2.45, 2.75) is 19.5 Å². The zero-order valence-electron chi connectivity index (χ0n) is 16.4. The lowest BCUT2D eigenvalue weighted by Gasteiger charge is -2.26. The van der Waals surface area contributed by atoms with Gasteiger partial charge >= 0.3 is 0 Å². The topological polar surface area (TPSA) is 69.8 Å². The predicted molar refractivity (Wildman–Crippen MR) is 109 cm³/mol. The minimum absolute atomic E-state index is 0.00785. The number of fused-ring (bicyclic) bond motifs is 1. The van der Waals surface area contributed by atoms with Crippen LogP contribution in [0.4, 0.5) is 4.39 Å². The molecule has 2 aromatic heterocycles. The molecule has 0 aliphatic heterocycles. The van der Waals surface area contributed by atoms with E-state index in [1.165, 1.54) is 6.07 Å². The number of benzene rings is 1. The van der Waals surface area contributed by atoms with Crippen molar-refractivity contribution in [2.75, 3.05) is 27.2 Å². The van der Waals surface area contributed by atoms with Crippen molar-refractivity contribution in [3.05, 3.63) is 65.9 Å². The minimum atomic E-state index is -0.233. The van der Waals surface area contributed by atoms with E-state index in [0.717, 1.165) is 23.6 Å². The highest BCUT2D eigenvalue weighted by Gasteiger charge is 2.15. The highest BCUT2D eigenvalue weighted by Crippen LogP contribution is 2.18. The van der Waals surface area contributed by atoms with Crippen LogP contribution in [0.15, 0.2) is 53.7 Å². The highest BCUT2D eigenvalue weighted by molar-refractivity contribution is 5.79. The van der Waals surface area contributed by atoms with Gasteiger partial charge in [-0.05, 0) is 50.8 Å². The third-order valence-corrected chi connectivity index (χ3v) is 4.43. The van der Waals surface area contributed by atoms with Gasteiger partial charge < -0.3 is 15.5 Å². The maximum Gasteiger partial charge on any atom is 0.191 e. The Bertz CT molecular complexity index is 935. The number of hydrogen-bond donors (Lipinski definition) is 2. The molecule has 148 valence electrons. The molecule has 3 aromatic rings. The molecule has 0 amide bonds. The first kappa shape index (κ1) is 19.8. The molecule has 0 bridgehead atoms. The monoisotopic (exact) mass is 383 g/mol. The predicted octanol–water partition coefficient (Wildman–Crippen LogP) is 2.23. The van der Waals surface area contributed by atoms with E-state index in [9.17, 15) is 4.39 Å². The average Bonchev–Trinajstić information content (AvgIpc) is 3.09. The molecule has 0 radical (unpaired) electrons. The molecule has 0 saturated heterocycles. The SMILES string of the molecule is CCNC(=NCc1nnc2ccccn12)NCC(c1cccc(F)c1)N(C)C. The van der Waals surface area contributed by atoms with Crippen molar-refractivity contribution in [2.24, 2.45) is 4.99 Å². The van der Waals surface area contributed by atoms with Crippen molar-refractivity contribution in [1.29, 1.82) is 0 Å². The van der Waals surface area contributed by atoms with Gasteiger partial charge in [0.05, 0.1) is 6.04 Å². The van der Waals surface area contributed by atoms with E-state index in [4.69, 9.17) is 0 Å². The lowest BCUT2D eigenvalue weighted by atomic mass is 10.1. The summed E-state index contributed by atoms with van der Waals surface area (Å²) in [6.07, 6.45) is 1.92. The second-order valence-corrected chi connectivity index (χ2v) is 6.66. The summed E-state index contributed by atoms with van der Waals surface area (Å²) < 4.78 is 15.5. The van der Waals surface area contributed by atoms with Gasteiger partial charge in [0, 0.05) is 19.3 Å². The van der Waals surface area contributed by atoms with Gasteiger partial charge in [0.15, 0.2) is 17.4 Å². The van der Waals surface area contributed by atoms with Crippen LogP contribution < -0.4 is 10.6 Å². The second-order valence-electron chi connectivity index (χ2n) is 6.66. The number of rotatable bonds is 7. The van der Waals surface area contributed by atoms with E-state index in [-0.39, 0.29) is 11.9 Å². The second kappa shape index (κ2) is 9.27. The lowest BCUT2D eigenvalue weighted by Crippen LogP contribution is -2.41. The van der Waals surface area contributed by atoms with Crippen LogP contribution in [0.5, 0.6) is 0 Å². The fourth-order valence-electron chi connectivity index (χ4n) is 3.00. The van der Waals surface area contributed by atoms with Crippen LogP contribution >= 0.6 is 0 Å². The molecule has 1 atom stereocenters. The maximum atomic E-state index is 13.6. The highest BCUT2D eigenvalue weighted by atomic mass is 19.1. The molecular weight excluding hydrogens is 357 g/mol. The quantitative estimate of drug-likeness (QED) is 0.484. The van der Waals surface area contributed by atoms with Crippen molar-refractivity contribution in [1.82, 2.24) is 30.1 Å². The molecule has 0 aliphatic carbocycles. The fourth-order valence-corrected chi connectivity index (χ4v) is 3.00. The molecule has 28 heavy (non-hydrogen) atoms. The van der Waals surface area contributed by atoms with Crippen LogP contribution in [0.1, 0.15) is 24.4 Å². The van der Waals surface area contributed by atoms with Crippen LogP contribution in [0.25, 0.3) is 5.65 Å². The van der Waals surface area contributed by atoms with E-state index in [1.807, 2.05) is 55.9 Å². The van der Waals surface area contributed by atoms with Gasteiger partial charge in [-0.1, -0.05) is 18.2 Å². The van der Waals surface area contributed by atoms with E-state index in [0.29, 0.717) is 19.0 Å². The smallest absolute Gasteiger partial charge is 0.191 e. The number of pyridine rings is 1. The maximum absolute atomic E-state index is 13.6. The van der Waals surface area contributed by atoms with Crippen LogP contribution in [0.3, 0.4) is 0 Å². The molecule has 0 spiro atoms. The van der Waals surface area contributed by atoms with E-state index < -0.39 is 0 Å². The first-order valence-electron chi connectivity index (χ1n) is 9.31. The molecule has 1 aromatic carbocycles. The molecule has 2 heterocycles. The molecule has 8 heteroatoms. The van der Waals surface area contributed by atoms with Crippen molar-refractivity contribution in [3.63, 3.8) is 0 Å². The first-order chi connectivity index (χ1) is 13.6. The summed E-state index contributed by atoms with van der Waals surface area (Å²) in [6, 6.07) is 12.5. The third kappa shape index (κ3) is 4.83. The largest absolute Gasteiger partial charge is 0.357 e. The zero-order chi connectivity index (χ0) is 19.9. The Balaban J connectivity index is 1.71. The van der Waals surface area contributed by atoms with Crippen molar-refractivity contribution in [3.8, 4) is 0 Å². The lowest BCUT2D eigenvalue weighted by molar-refractivity contribution is 0.297. The summed E-state index contributed by atoms with van der Waals surface area (Å²) in [4.78, 5) is 6.68. The summed E-state index contributed by atoms with van der Waals surface area (Å²) in [5.41, 5.74) is 1.71. The van der Waals surface area contributed by atoms with E-state index in [1.54, 1.807) is 12.1 Å². The number of nitrogens with one attached hydrogen (secondary N) is 2. The summed E-state index contributed by atoms with van der Waals surface area (Å²) in [5, 5.41) is 14.9. The standard InChI is InChI=1S/C20H26FN7/c1-4-22-20(24-14-19-26-25-18-10-5-6-11-28(18)19)23-13-17(27(2)3)15-8-7-9-16(21)12-15/h5-12,17H,4,13-14H2,1-3H3,(H2,22,23,24). The molecule has 0 aliphatic rings. The Hall–Kier alpha value is -3.00. The number of aromatic nitrogens is 3. The van der Waals surface area contributed by atoms with Crippen LogP contribution in [0, 0.1) is 5.82 Å². The summed E-state index contributed by atoms with van der Waals surface area (Å²) >= 11 is 0. The van der Waals surface area contributed by atoms with Crippen molar-refractivity contribution >= 4 is 11.6 Å². The number of halogens is 1.